The molecule has 1 amide bonds. The fraction of sp³-hybridized carbons (Fsp3) is 0.533. The molecule has 1 heterocycles. The van der Waals surface area contributed by atoms with Gasteiger partial charge in [0.15, 0.2) is 0 Å². The quantitative estimate of drug-likeness (QED) is 0.813. The summed E-state index contributed by atoms with van der Waals surface area (Å²) in [5, 5.41) is 2.55. The largest absolute Gasteiger partial charge is 0.324 e. The van der Waals surface area contributed by atoms with Crippen LogP contribution >= 0.6 is 0 Å². The van der Waals surface area contributed by atoms with Crippen LogP contribution in [0.15, 0.2) is 24.3 Å². The number of nitrogens with zero attached hydrogens (tertiary/aromatic N) is 1. The summed E-state index contributed by atoms with van der Waals surface area (Å²) in [6, 6.07) is 5.91. The van der Waals surface area contributed by atoms with Crippen LogP contribution in [0.3, 0.4) is 0 Å². The number of hydrogen-bond acceptors (Lipinski definition) is 4. The number of likely N-dealkylation sites (tertiary alicyclic amines) is 1. The van der Waals surface area contributed by atoms with Gasteiger partial charge >= 0.3 is 0 Å². The number of anilines is 1. The van der Waals surface area contributed by atoms with Crippen LogP contribution in [0, 0.1) is 5.82 Å². The number of halogens is 1. The zero-order valence-corrected chi connectivity index (χ0v) is 13.9. The van der Waals surface area contributed by atoms with E-state index in [-0.39, 0.29) is 24.1 Å². The Morgan fingerprint density at radius 2 is 2.13 bits per heavy atom. The SMILES string of the molecule is CS(=O)(=O)N[C@@H]1CCCN(CCC(=O)Nc2ccccc2F)C1. The van der Waals surface area contributed by atoms with Gasteiger partial charge in [0, 0.05) is 25.6 Å². The highest BCUT2D eigenvalue weighted by Gasteiger charge is 2.22. The molecule has 1 aromatic rings. The molecule has 23 heavy (non-hydrogen) atoms. The summed E-state index contributed by atoms with van der Waals surface area (Å²) in [4.78, 5) is 14.0. The number of nitrogens with one attached hydrogen (secondary N) is 2. The molecule has 1 aliphatic heterocycles. The Kier molecular flexibility index (Phi) is 6.09. The van der Waals surface area contributed by atoms with Gasteiger partial charge in [0.05, 0.1) is 11.9 Å². The van der Waals surface area contributed by atoms with E-state index in [1.54, 1.807) is 12.1 Å². The van der Waals surface area contributed by atoms with Gasteiger partial charge in [0.1, 0.15) is 5.82 Å². The summed E-state index contributed by atoms with van der Waals surface area (Å²) >= 11 is 0. The van der Waals surface area contributed by atoms with Crippen LogP contribution in [0.1, 0.15) is 19.3 Å². The maximum atomic E-state index is 13.5. The monoisotopic (exact) mass is 343 g/mol. The van der Waals surface area contributed by atoms with E-state index < -0.39 is 15.8 Å². The van der Waals surface area contributed by atoms with Gasteiger partial charge in [0.25, 0.3) is 0 Å². The lowest BCUT2D eigenvalue weighted by Gasteiger charge is -2.32. The number of carbonyl (C=O) groups is 1. The van der Waals surface area contributed by atoms with Crippen molar-refractivity contribution in [3.05, 3.63) is 30.1 Å². The number of piperidine rings is 1. The highest BCUT2D eigenvalue weighted by Crippen LogP contribution is 2.14. The molecule has 0 bridgehead atoms. The minimum absolute atomic E-state index is 0.117. The van der Waals surface area contributed by atoms with Crippen molar-refractivity contribution < 1.29 is 17.6 Å². The summed E-state index contributed by atoms with van der Waals surface area (Å²) in [6.45, 7) is 1.93. The Morgan fingerprint density at radius 3 is 2.83 bits per heavy atom. The summed E-state index contributed by atoms with van der Waals surface area (Å²) < 4.78 is 38.6. The van der Waals surface area contributed by atoms with Crippen molar-refractivity contribution in [2.24, 2.45) is 0 Å². The minimum Gasteiger partial charge on any atom is -0.324 e. The molecule has 1 atom stereocenters. The van der Waals surface area contributed by atoms with Gasteiger partial charge < -0.3 is 10.2 Å². The van der Waals surface area contributed by atoms with E-state index in [0.29, 0.717) is 13.1 Å². The molecule has 1 aromatic carbocycles. The Balaban J connectivity index is 1.79. The Labute approximate surface area is 136 Å². The van der Waals surface area contributed by atoms with Crippen LogP contribution in [0.4, 0.5) is 10.1 Å². The third kappa shape index (κ3) is 6.25. The molecule has 2 rings (SSSR count). The molecular formula is C15H22FN3O3S. The molecule has 0 spiro atoms. The summed E-state index contributed by atoms with van der Waals surface area (Å²) in [5.74, 6) is -0.718. The molecule has 128 valence electrons. The van der Waals surface area contributed by atoms with E-state index in [1.165, 1.54) is 12.1 Å². The molecule has 0 radical (unpaired) electrons. The first-order chi connectivity index (χ1) is 10.8. The zero-order valence-electron chi connectivity index (χ0n) is 13.1. The first kappa shape index (κ1) is 17.8. The second kappa shape index (κ2) is 7.85. The van der Waals surface area contributed by atoms with E-state index in [9.17, 15) is 17.6 Å². The fourth-order valence-electron chi connectivity index (χ4n) is 2.69. The van der Waals surface area contributed by atoms with E-state index in [4.69, 9.17) is 0 Å². The summed E-state index contributed by atoms with van der Waals surface area (Å²) in [5.41, 5.74) is 0.174. The van der Waals surface area contributed by atoms with Gasteiger partial charge in [-0.3, -0.25) is 4.79 Å². The van der Waals surface area contributed by atoms with E-state index >= 15 is 0 Å². The zero-order chi connectivity index (χ0) is 16.9. The van der Waals surface area contributed by atoms with Crippen LogP contribution in [-0.4, -0.2) is 51.2 Å². The maximum absolute atomic E-state index is 13.5. The van der Waals surface area contributed by atoms with Crippen LogP contribution in [0.5, 0.6) is 0 Å². The highest BCUT2D eigenvalue weighted by atomic mass is 32.2. The smallest absolute Gasteiger partial charge is 0.225 e. The maximum Gasteiger partial charge on any atom is 0.225 e. The number of sulfonamides is 1. The van der Waals surface area contributed by atoms with Gasteiger partial charge in [-0.25, -0.2) is 17.5 Å². The Hall–Kier alpha value is -1.51. The van der Waals surface area contributed by atoms with Crippen LogP contribution in [-0.2, 0) is 14.8 Å². The molecule has 2 N–H and O–H groups in total. The molecule has 8 heteroatoms. The molecule has 1 fully saturated rings. The van der Waals surface area contributed by atoms with Crippen molar-refractivity contribution >= 4 is 21.6 Å². The van der Waals surface area contributed by atoms with Gasteiger partial charge in [0.2, 0.25) is 15.9 Å². The van der Waals surface area contributed by atoms with Crippen LogP contribution in [0.25, 0.3) is 0 Å². The molecule has 0 saturated carbocycles. The second-order valence-corrected chi connectivity index (χ2v) is 7.59. The molecule has 1 aliphatic rings. The number of amides is 1. The highest BCUT2D eigenvalue weighted by molar-refractivity contribution is 7.88. The van der Waals surface area contributed by atoms with E-state index in [2.05, 4.69) is 10.0 Å². The van der Waals surface area contributed by atoms with Crippen molar-refractivity contribution in [1.29, 1.82) is 0 Å². The Bertz CT molecular complexity index is 651. The predicted octanol–water partition coefficient (Wildman–Crippen LogP) is 1.17. The van der Waals surface area contributed by atoms with Crippen LogP contribution < -0.4 is 10.0 Å². The van der Waals surface area contributed by atoms with Crippen molar-refractivity contribution in [1.82, 2.24) is 9.62 Å². The molecule has 0 aromatic heterocycles. The van der Waals surface area contributed by atoms with Crippen molar-refractivity contribution in [2.75, 3.05) is 31.2 Å². The third-order valence-corrected chi connectivity index (χ3v) is 4.45. The van der Waals surface area contributed by atoms with Crippen LogP contribution in [0.2, 0.25) is 0 Å². The van der Waals surface area contributed by atoms with Crippen molar-refractivity contribution in [2.45, 2.75) is 25.3 Å². The number of carbonyl (C=O) groups excluding carboxylic acids is 1. The number of benzene rings is 1. The minimum atomic E-state index is -3.22. The molecular weight excluding hydrogens is 321 g/mol. The predicted molar refractivity (Wildman–Crippen MR) is 87.1 cm³/mol. The fourth-order valence-corrected chi connectivity index (χ4v) is 3.49. The van der Waals surface area contributed by atoms with E-state index in [0.717, 1.165) is 25.6 Å². The average molecular weight is 343 g/mol. The lowest BCUT2D eigenvalue weighted by atomic mass is 10.1. The molecule has 6 nitrogen and oxygen atoms in total. The first-order valence-corrected chi connectivity index (χ1v) is 9.46. The van der Waals surface area contributed by atoms with Gasteiger partial charge in [-0.2, -0.15) is 0 Å². The lowest BCUT2D eigenvalue weighted by Crippen LogP contribution is -2.47. The topological polar surface area (TPSA) is 78.5 Å². The van der Waals surface area contributed by atoms with Gasteiger partial charge in [-0.15, -0.1) is 0 Å². The number of rotatable bonds is 6. The second-order valence-electron chi connectivity index (χ2n) is 5.81. The molecule has 1 saturated heterocycles. The number of hydrogen-bond donors (Lipinski definition) is 2. The number of para-hydroxylation sites is 1. The third-order valence-electron chi connectivity index (χ3n) is 3.69. The molecule has 0 aliphatic carbocycles. The normalized spacial score (nSPS) is 19.5. The van der Waals surface area contributed by atoms with E-state index in [1.807, 2.05) is 4.90 Å². The lowest BCUT2D eigenvalue weighted by molar-refractivity contribution is -0.116. The standard InChI is InChI=1S/C15H22FN3O3S/c1-23(21,22)18-12-5-4-9-19(11-12)10-8-15(20)17-14-7-3-2-6-13(14)16/h2-3,6-7,12,18H,4-5,8-11H2,1H3,(H,17,20)/t12-/m1/s1. The van der Waals surface area contributed by atoms with Crippen molar-refractivity contribution in [3.8, 4) is 0 Å². The van der Waals surface area contributed by atoms with Gasteiger partial charge in [-0.1, -0.05) is 12.1 Å². The summed E-state index contributed by atoms with van der Waals surface area (Å²) in [6.07, 6.45) is 3.06. The van der Waals surface area contributed by atoms with Gasteiger partial charge in [-0.05, 0) is 31.5 Å². The summed E-state index contributed by atoms with van der Waals surface area (Å²) in [7, 11) is -3.22. The average Bonchev–Trinajstić information content (AvgIpc) is 2.46. The molecule has 0 unspecified atom stereocenters. The van der Waals surface area contributed by atoms with Crippen molar-refractivity contribution in [3.63, 3.8) is 0 Å². The Morgan fingerprint density at radius 1 is 1.39 bits per heavy atom. The first-order valence-electron chi connectivity index (χ1n) is 7.57.